The molecule has 1 aromatic rings. The molecule has 1 heterocycles. The van der Waals surface area contributed by atoms with E-state index in [1.165, 1.54) is 12.6 Å². The van der Waals surface area contributed by atoms with Gasteiger partial charge in [-0.15, -0.1) is 0 Å². The monoisotopic (exact) mass is 238 g/mol. The highest BCUT2D eigenvalue weighted by atomic mass is 19.1. The zero-order valence-corrected chi connectivity index (χ0v) is 11.2. The zero-order valence-electron chi connectivity index (χ0n) is 11.2. The molecule has 0 amide bonds. The minimum atomic E-state index is -0.265. The summed E-state index contributed by atoms with van der Waals surface area (Å²) in [5.74, 6) is 1.06. The Balaban J connectivity index is 2.65. The van der Waals surface area contributed by atoms with Gasteiger partial charge in [-0.2, -0.15) is 0 Å². The van der Waals surface area contributed by atoms with Crippen molar-refractivity contribution in [2.24, 2.45) is 11.8 Å². The molecule has 1 rings (SSSR count). The first-order valence-corrected chi connectivity index (χ1v) is 6.30. The summed E-state index contributed by atoms with van der Waals surface area (Å²) in [4.78, 5) is 3.91. The zero-order chi connectivity index (χ0) is 12.8. The van der Waals surface area contributed by atoms with Crippen LogP contribution >= 0.6 is 0 Å². The van der Waals surface area contributed by atoms with Gasteiger partial charge in [0, 0.05) is 12.2 Å². The van der Waals surface area contributed by atoms with Crippen LogP contribution in [0.3, 0.4) is 0 Å². The van der Waals surface area contributed by atoms with E-state index in [1.807, 2.05) is 7.05 Å². The third-order valence-electron chi connectivity index (χ3n) is 2.99. The van der Waals surface area contributed by atoms with E-state index in [-0.39, 0.29) is 11.9 Å². The second kappa shape index (κ2) is 6.70. The van der Waals surface area contributed by atoms with Crippen molar-refractivity contribution >= 4 is 0 Å². The quantitative estimate of drug-likeness (QED) is 0.819. The Morgan fingerprint density at radius 2 is 1.94 bits per heavy atom. The van der Waals surface area contributed by atoms with E-state index in [2.05, 4.69) is 31.1 Å². The Kier molecular flexibility index (Phi) is 5.56. The number of pyridine rings is 1. The summed E-state index contributed by atoms with van der Waals surface area (Å²) < 4.78 is 13.1. The van der Waals surface area contributed by atoms with Crippen LogP contribution in [0.5, 0.6) is 0 Å². The summed E-state index contributed by atoms with van der Waals surface area (Å²) in [5, 5.41) is 3.24. The minimum absolute atomic E-state index is 0.187. The molecular weight excluding hydrogens is 215 g/mol. The van der Waals surface area contributed by atoms with Gasteiger partial charge in [0.1, 0.15) is 5.82 Å². The molecule has 96 valence electrons. The van der Waals surface area contributed by atoms with Crippen LogP contribution in [0.15, 0.2) is 18.5 Å². The Morgan fingerprint density at radius 3 is 2.47 bits per heavy atom. The maximum Gasteiger partial charge on any atom is 0.141 e. The third kappa shape index (κ3) is 4.82. The summed E-state index contributed by atoms with van der Waals surface area (Å²) in [6.45, 7) is 6.71. The second-order valence-electron chi connectivity index (χ2n) is 5.25. The summed E-state index contributed by atoms with van der Waals surface area (Å²) >= 11 is 0. The van der Waals surface area contributed by atoms with Gasteiger partial charge in [-0.25, -0.2) is 4.39 Å². The van der Waals surface area contributed by atoms with Gasteiger partial charge in [0.2, 0.25) is 0 Å². The molecule has 0 aliphatic heterocycles. The van der Waals surface area contributed by atoms with Gasteiger partial charge in [0.15, 0.2) is 0 Å². The molecule has 3 heteroatoms. The largest absolute Gasteiger partial charge is 0.313 e. The van der Waals surface area contributed by atoms with Crippen LogP contribution < -0.4 is 5.32 Å². The molecule has 0 radical (unpaired) electrons. The van der Waals surface area contributed by atoms with Crippen LogP contribution in [0.2, 0.25) is 0 Å². The van der Waals surface area contributed by atoms with E-state index < -0.39 is 0 Å². The Morgan fingerprint density at radius 1 is 1.24 bits per heavy atom. The highest BCUT2D eigenvalue weighted by Gasteiger charge is 2.15. The minimum Gasteiger partial charge on any atom is -0.313 e. The lowest BCUT2D eigenvalue weighted by molar-refractivity contribution is 0.365. The molecule has 0 saturated heterocycles. The van der Waals surface area contributed by atoms with Crippen molar-refractivity contribution < 1.29 is 4.39 Å². The van der Waals surface area contributed by atoms with Crippen molar-refractivity contribution in [1.82, 2.24) is 10.3 Å². The highest BCUT2D eigenvalue weighted by molar-refractivity contribution is 5.15. The molecule has 0 saturated carbocycles. The molecule has 0 aliphatic rings. The number of nitrogens with zero attached hydrogens (tertiary/aromatic N) is 1. The first-order chi connectivity index (χ1) is 8.02. The summed E-state index contributed by atoms with van der Waals surface area (Å²) in [6.07, 6.45) is 5.20. The number of hydrogen-bond acceptors (Lipinski definition) is 2. The summed E-state index contributed by atoms with van der Waals surface area (Å²) in [7, 11) is 1.91. The molecule has 2 nitrogen and oxygen atoms in total. The molecule has 1 N–H and O–H groups in total. The number of rotatable bonds is 6. The summed E-state index contributed by atoms with van der Waals surface area (Å²) in [6, 6.07) is 1.75. The maximum atomic E-state index is 13.1. The Labute approximate surface area is 104 Å². The van der Waals surface area contributed by atoms with Crippen LogP contribution in [0.4, 0.5) is 4.39 Å². The average molecular weight is 238 g/mol. The van der Waals surface area contributed by atoms with Crippen LogP contribution in [0.25, 0.3) is 0 Å². The molecule has 0 bridgehead atoms. The van der Waals surface area contributed by atoms with Gasteiger partial charge < -0.3 is 5.32 Å². The molecule has 0 spiro atoms. The molecule has 1 aromatic heterocycles. The van der Waals surface area contributed by atoms with Crippen molar-refractivity contribution in [3.63, 3.8) is 0 Å². The molecular formula is C14H23FN2. The molecule has 0 aliphatic carbocycles. The van der Waals surface area contributed by atoms with E-state index in [1.54, 1.807) is 12.3 Å². The van der Waals surface area contributed by atoms with Crippen molar-refractivity contribution in [1.29, 1.82) is 0 Å². The molecule has 0 aromatic carbocycles. The van der Waals surface area contributed by atoms with Crippen LogP contribution in [-0.2, 0) is 0 Å². The number of hydrogen-bond donors (Lipinski definition) is 1. The molecule has 17 heavy (non-hydrogen) atoms. The topological polar surface area (TPSA) is 24.9 Å². The van der Waals surface area contributed by atoms with Gasteiger partial charge in [0.05, 0.1) is 6.20 Å². The molecule has 2 atom stereocenters. The van der Waals surface area contributed by atoms with E-state index in [0.717, 1.165) is 12.0 Å². The average Bonchev–Trinajstić information content (AvgIpc) is 2.24. The lowest BCUT2D eigenvalue weighted by Gasteiger charge is -2.22. The van der Waals surface area contributed by atoms with E-state index in [9.17, 15) is 4.39 Å². The second-order valence-corrected chi connectivity index (χ2v) is 5.25. The molecule has 2 unspecified atom stereocenters. The fourth-order valence-electron chi connectivity index (χ4n) is 2.34. The van der Waals surface area contributed by atoms with Crippen LogP contribution in [0.1, 0.15) is 45.2 Å². The predicted molar refractivity (Wildman–Crippen MR) is 69.2 cm³/mol. The van der Waals surface area contributed by atoms with Gasteiger partial charge in [-0.1, -0.05) is 20.8 Å². The summed E-state index contributed by atoms with van der Waals surface area (Å²) in [5.41, 5.74) is 0.933. The normalized spacial score (nSPS) is 14.9. The lowest BCUT2D eigenvalue weighted by atomic mass is 9.90. The fraction of sp³-hybridized carbons (Fsp3) is 0.643. The Hall–Kier alpha value is -0.960. The van der Waals surface area contributed by atoms with E-state index >= 15 is 0 Å². The van der Waals surface area contributed by atoms with Crippen molar-refractivity contribution in [2.45, 2.75) is 39.7 Å². The predicted octanol–water partition coefficient (Wildman–Crippen LogP) is 3.55. The number of nitrogens with one attached hydrogen (secondary N) is 1. The van der Waals surface area contributed by atoms with Crippen molar-refractivity contribution in [3.05, 3.63) is 29.8 Å². The smallest absolute Gasteiger partial charge is 0.141 e. The first-order valence-electron chi connectivity index (χ1n) is 6.30. The Bertz CT molecular complexity index is 339. The van der Waals surface area contributed by atoms with Crippen LogP contribution in [0, 0.1) is 17.7 Å². The fourth-order valence-corrected chi connectivity index (χ4v) is 2.34. The SMILES string of the molecule is CNC(CC(C)CC(C)C)c1cncc(F)c1. The van der Waals surface area contributed by atoms with Crippen molar-refractivity contribution in [3.8, 4) is 0 Å². The van der Waals surface area contributed by atoms with Gasteiger partial charge in [-0.3, -0.25) is 4.98 Å². The number of aromatic nitrogens is 1. The molecule has 0 fully saturated rings. The highest BCUT2D eigenvalue weighted by Crippen LogP contribution is 2.24. The maximum absolute atomic E-state index is 13.1. The number of halogens is 1. The standard InChI is InChI=1S/C14H23FN2/c1-10(2)5-11(3)6-14(16-4)12-7-13(15)9-17-8-12/h7-11,14,16H,5-6H2,1-4H3. The third-order valence-corrected chi connectivity index (χ3v) is 2.99. The first kappa shape index (κ1) is 14.1. The van der Waals surface area contributed by atoms with Gasteiger partial charge in [-0.05, 0) is 43.4 Å². The van der Waals surface area contributed by atoms with Crippen molar-refractivity contribution in [2.75, 3.05) is 7.05 Å². The van der Waals surface area contributed by atoms with E-state index in [4.69, 9.17) is 0 Å². The van der Waals surface area contributed by atoms with E-state index in [0.29, 0.717) is 11.8 Å². The van der Waals surface area contributed by atoms with Gasteiger partial charge in [0.25, 0.3) is 0 Å². The van der Waals surface area contributed by atoms with Gasteiger partial charge >= 0.3 is 0 Å². The lowest BCUT2D eigenvalue weighted by Crippen LogP contribution is -2.20. The van der Waals surface area contributed by atoms with Crippen LogP contribution in [-0.4, -0.2) is 12.0 Å².